The Labute approximate surface area is 141 Å². The Bertz CT molecular complexity index is 1030. The maximum atomic E-state index is 5.33. The van der Waals surface area contributed by atoms with E-state index in [1.807, 2.05) is 0 Å². The summed E-state index contributed by atoms with van der Waals surface area (Å²) in [6, 6.07) is 28.7. The van der Waals surface area contributed by atoms with E-state index in [-0.39, 0.29) is 0 Å². The van der Waals surface area contributed by atoms with E-state index in [9.17, 15) is 0 Å². The molecule has 1 unspecified atom stereocenters. The molecule has 0 N–H and O–H groups in total. The zero-order chi connectivity index (χ0) is 15.9. The molecule has 0 aliphatic carbocycles. The largest absolute Gasteiger partial charge is 0.373 e. The number of ether oxygens (including phenoxy) is 1. The van der Waals surface area contributed by atoms with Crippen molar-refractivity contribution in [3.05, 3.63) is 84.4 Å². The molecule has 1 atom stereocenters. The Hall–Kier alpha value is -2.64. The fourth-order valence-electron chi connectivity index (χ4n) is 3.49. The van der Waals surface area contributed by atoms with Crippen molar-refractivity contribution in [1.29, 1.82) is 0 Å². The lowest BCUT2D eigenvalue weighted by molar-refractivity contribution is 0.407. The molecule has 0 spiro atoms. The van der Waals surface area contributed by atoms with Crippen molar-refractivity contribution in [3.63, 3.8) is 0 Å². The first-order valence-corrected chi connectivity index (χ1v) is 8.49. The van der Waals surface area contributed by atoms with Gasteiger partial charge in [0.2, 0.25) is 0 Å². The van der Waals surface area contributed by atoms with Gasteiger partial charge >= 0.3 is 0 Å². The third kappa shape index (κ3) is 2.47. The molecule has 0 amide bonds. The topological polar surface area (TPSA) is 12.5 Å². The van der Waals surface area contributed by atoms with E-state index in [2.05, 4.69) is 78.9 Å². The zero-order valence-electron chi connectivity index (χ0n) is 13.4. The van der Waals surface area contributed by atoms with Crippen LogP contribution in [0.1, 0.15) is 5.56 Å². The van der Waals surface area contributed by atoms with Gasteiger partial charge in [-0.25, -0.2) is 0 Å². The number of fused-ring (bicyclic) bond motifs is 2. The van der Waals surface area contributed by atoms with Gasteiger partial charge in [0.25, 0.3) is 0 Å². The minimum absolute atomic E-state index is 0.444. The summed E-state index contributed by atoms with van der Waals surface area (Å²) >= 11 is 0. The van der Waals surface area contributed by atoms with Gasteiger partial charge in [-0.15, -0.1) is 0 Å². The fourth-order valence-corrected chi connectivity index (χ4v) is 3.49. The molecule has 0 radical (unpaired) electrons. The summed E-state index contributed by atoms with van der Waals surface area (Å²) in [7, 11) is 0. The van der Waals surface area contributed by atoms with Gasteiger partial charge in [-0.1, -0.05) is 66.7 Å². The molecule has 4 aromatic carbocycles. The highest BCUT2D eigenvalue weighted by Gasteiger charge is 2.22. The van der Waals surface area contributed by atoms with Gasteiger partial charge in [0.15, 0.2) is 0 Å². The maximum Gasteiger partial charge on any atom is 0.0850 e. The average Bonchev–Trinajstić information content (AvgIpc) is 3.44. The van der Waals surface area contributed by atoms with Crippen LogP contribution in [0.5, 0.6) is 0 Å². The Balaban J connectivity index is 1.63. The Morgan fingerprint density at radius 3 is 2.21 bits per heavy atom. The summed E-state index contributed by atoms with van der Waals surface area (Å²) in [4.78, 5) is 0. The van der Waals surface area contributed by atoms with Crippen molar-refractivity contribution in [1.82, 2.24) is 0 Å². The Morgan fingerprint density at radius 1 is 0.750 bits per heavy atom. The minimum atomic E-state index is 0.444. The van der Waals surface area contributed by atoms with Crippen molar-refractivity contribution in [3.8, 4) is 11.1 Å². The van der Waals surface area contributed by atoms with Gasteiger partial charge in [0.05, 0.1) is 12.7 Å². The van der Waals surface area contributed by atoms with E-state index in [4.69, 9.17) is 4.74 Å². The first-order chi connectivity index (χ1) is 11.9. The molecule has 0 aromatic heterocycles. The number of benzene rings is 4. The van der Waals surface area contributed by atoms with E-state index in [0.717, 1.165) is 13.0 Å². The molecule has 1 fully saturated rings. The lowest BCUT2D eigenvalue weighted by Crippen LogP contribution is -1.92. The lowest BCUT2D eigenvalue weighted by Gasteiger charge is -2.09. The normalized spacial score (nSPS) is 16.6. The second-order valence-corrected chi connectivity index (χ2v) is 6.58. The lowest BCUT2D eigenvalue weighted by atomic mass is 9.95. The van der Waals surface area contributed by atoms with Crippen molar-refractivity contribution >= 4 is 21.5 Å². The summed E-state index contributed by atoms with van der Waals surface area (Å²) in [6.45, 7) is 0.915. The van der Waals surface area contributed by atoms with E-state index in [1.54, 1.807) is 0 Å². The van der Waals surface area contributed by atoms with E-state index in [1.165, 1.54) is 38.2 Å². The van der Waals surface area contributed by atoms with Crippen LogP contribution in [0, 0.1) is 0 Å². The van der Waals surface area contributed by atoms with Crippen LogP contribution in [-0.2, 0) is 11.2 Å². The second-order valence-electron chi connectivity index (χ2n) is 6.58. The van der Waals surface area contributed by atoms with Crippen LogP contribution in [0.4, 0.5) is 0 Å². The predicted octanol–water partition coefficient (Wildman–Crippen LogP) is 5.60. The van der Waals surface area contributed by atoms with E-state index in [0.29, 0.717) is 6.10 Å². The third-order valence-corrected chi connectivity index (χ3v) is 4.88. The van der Waals surface area contributed by atoms with E-state index < -0.39 is 0 Å². The molecule has 1 aliphatic rings. The van der Waals surface area contributed by atoms with Gasteiger partial charge in [0.1, 0.15) is 0 Å². The number of hydrogen-bond donors (Lipinski definition) is 0. The summed E-state index contributed by atoms with van der Waals surface area (Å²) in [6.07, 6.45) is 1.47. The predicted molar refractivity (Wildman–Crippen MR) is 100 cm³/mol. The highest BCUT2D eigenvalue weighted by atomic mass is 16.6. The molecular formula is C23H18O. The summed E-state index contributed by atoms with van der Waals surface area (Å²) in [5.41, 5.74) is 3.93. The van der Waals surface area contributed by atoms with Gasteiger partial charge in [0, 0.05) is 6.42 Å². The molecule has 5 rings (SSSR count). The Morgan fingerprint density at radius 2 is 1.46 bits per heavy atom. The van der Waals surface area contributed by atoms with Crippen LogP contribution in [0.3, 0.4) is 0 Å². The minimum Gasteiger partial charge on any atom is -0.373 e. The molecule has 116 valence electrons. The maximum absolute atomic E-state index is 5.33. The summed E-state index contributed by atoms with van der Waals surface area (Å²) in [5, 5.41) is 5.19. The first-order valence-electron chi connectivity index (χ1n) is 8.49. The fraction of sp³-hybridized carbons (Fsp3) is 0.130. The summed E-state index contributed by atoms with van der Waals surface area (Å²) < 4.78 is 5.33. The Kier molecular flexibility index (Phi) is 3.14. The van der Waals surface area contributed by atoms with Crippen molar-refractivity contribution < 1.29 is 4.74 Å². The standard InChI is InChI=1S/C23H18O/c1-2-5-19-14-23-20(13-18(19)4-1)6-3-7-22(23)17-10-8-16(9-11-17)12-21-15-24-21/h1-11,13-14,21H,12,15H2. The first kappa shape index (κ1) is 13.8. The van der Waals surface area contributed by atoms with Crippen LogP contribution < -0.4 is 0 Å². The molecule has 1 aliphatic heterocycles. The quantitative estimate of drug-likeness (QED) is 0.354. The third-order valence-electron chi connectivity index (χ3n) is 4.88. The molecule has 0 bridgehead atoms. The van der Waals surface area contributed by atoms with Crippen molar-refractivity contribution in [2.75, 3.05) is 6.61 Å². The van der Waals surface area contributed by atoms with Crippen LogP contribution in [0.25, 0.3) is 32.7 Å². The average molecular weight is 310 g/mol. The molecule has 24 heavy (non-hydrogen) atoms. The van der Waals surface area contributed by atoms with Gasteiger partial charge in [-0.2, -0.15) is 0 Å². The van der Waals surface area contributed by atoms with Crippen LogP contribution in [-0.4, -0.2) is 12.7 Å². The highest BCUT2D eigenvalue weighted by Crippen LogP contribution is 2.32. The molecular weight excluding hydrogens is 292 g/mol. The SMILES string of the molecule is c1ccc2cc3c(-c4ccc(CC5CO5)cc4)cccc3cc2c1. The molecule has 1 nitrogen and oxygen atoms in total. The van der Waals surface area contributed by atoms with Crippen molar-refractivity contribution in [2.24, 2.45) is 0 Å². The highest BCUT2D eigenvalue weighted by molar-refractivity contribution is 6.04. The molecule has 0 saturated carbocycles. The second kappa shape index (κ2) is 5.47. The molecule has 1 heterocycles. The molecule has 4 aromatic rings. The van der Waals surface area contributed by atoms with Gasteiger partial charge in [-0.3, -0.25) is 0 Å². The molecule has 1 saturated heterocycles. The van der Waals surface area contributed by atoms with Crippen LogP contribution in [0.2, 0.25) is 0 Å². The van der Waals surface area contributed by atoms with Crippen LogP contribution >= 0.6 is 0 Å². The van der Waals surface area contributed by atoms with Gasteiger partial charge < -0.3 is 4.74 Å². The number of rotatable bonds is 3. The smallest absolute Gasteiger partial charge is 0.0850 e. The number of hydrogen-bond acceptors (Lipinski definition) is 1. The monoisotopic (exact) mass is 310 g/mol. The van der Waals surface area contributed by atoms with Crippen molar-refractivity contribution in [2.45, 2.75) is 12.5 Å². The zero-order valence-corrected chi connectivity index (χ0v) is 13.4. The summed E-state index contributed by atoms with van der Waals surface area (Å²) in [5.74, 6) is 0. The van der Waals surface area contributed by atoms with E-state index >= 15 is 0 Å². The van der Waals surface area contributed by atoms with Crippen LogP contribution in [0.15, 0.2) is 78.9 Å². The van der Waals surface area contributed by atoms with Gasteiger partial charge in [-0.05, 0) is 50.4 Å². The number of epoxide rings is 1. The molecule has 1 heteroatoms.